The Morgan fingerprint density at radius 2 is 1.76 bits per heavy atom. The first-order valence-electron chi connectivity index (χ1n) is 7.53. The highest BCUT2D eigenvalue weighted by Crippen LogP contribution is 2.12. The zero-order chi connectivity index (χ0) is 15.6. The second-order valence-corrected chi connectivity index (χ2v) is 4.98. The van der Waals surface area contributed by atoms with Crippen molar-refractivity contribution in [3.8, 4) is 0 Å². The molecular weight excluding hydrogens is 270 g/mol. The minimum absolute atomic E-state index is 0.273. The van der Waals surface area contributed by atoms with Crippen LogP contribution < -0.4 is 17.0 Å². The van der Waals surface area contributed by atoms with Crippen LogP contribution in [-0.2, 0) is 26.1 Å². The Balaban J connectivity index is 2.96. The van der Waals surface area contributed by atoms with Crippen molar-refractivity contribution in [2.45, 2.75) is 53.2 Å². The Morgan fingerprint density at radius 3 is 2.29 bits per heavy atom. The van der Waals surface area contributed by atoms with Gasteiger partial charge in [-0.25, -0.2) is 9.78 Å². The van der Waals surface area contributed by atoms with E-state index in [9.17, 15) is 9.59 Å². The van der Waals surface area contributed by atoms with Crippen molar-refractivity contribution in [2.75, 3.05) is 6.54 Å². The van der Waals surface area contributed by atoms with E-state index in [1.807, 2.05) is 18.4 Å². The maximum absolute atomic E-state index is 12.6. The number of aromatic nitrogens is 4. The van der Waals surface area contributed by atoms with Gasteiger partial charge in [0.1, 0.15) is 5.82 Å². The van der Waals surface area contributed by atoms with Crippen LogP contribution in [0.1, 0.15) is 33.0 Å². The summed E-state index contributed by atoms with van der Waals surface area (Å²) >= 11 is 0. The predicted octanol–water partition coefficient (Wildman–Crippen LogP) is 0.311. The molecule has 2 aromatic heterocycles. The largest absolute Gasteiger partial charge is 0.332 e. The van der Waals surface area contributed by atoms with Crippen molar-refractivity contribution < 1.29 is 0 Å². The molecule has 0 aliphatic carbocycles. The summed E-state index contributed by atoms with van der Waals surface area (Å²) in [6, 6.07) is 0. The SMILES string of the molecule is CCCn1c(=O)n(CC)c(=O)c2c1nc(CC)n2CCN. The van der Waals surface area contributed by atoms with E-state index in [2.05, 4.69) is 4.98 Å². The molecule has 2 aromatic rings. The van der Waals surface area contributed by atoms with Crippen LogP contribution in [0.4, 0.5) is 0 Å². The van der Waals surface area contributed by atoms with Gasteiger partial charge in [-0.3, -0.25) is 13.9 Å². The quantitative estimate of drug-likeness (QED) is 0.830. The monoisotopic (exact) mass is 293 g/mol. The van der Waals surface area contributed by atoms with Crippen molar-refractivity contribution >= 4 is 11.2 Å². The summed E-state index contributed by atoms with van der Waals surface area (Å²) in [5.74, 6) is 0.797. The molecule has 0 radical (unpaired) electrons. The lowest BCUT2D eigenvalue weighted by Crippen LogP contribution is -2.40. The fraction of sp³-hybridized carbons (Fsp3) is 0.643. The van der Waals surface area contributed by atoms with E-state index in [4.69, 9.17) is 5.73 Å². The number of nitrogens with two attached hydrogens (primary N) is 1. The summed E-state index contributed by atoms with van der Waals surface area (Å²) in [6.07, 6.45) is 1.50. The van der Waals surface area contributed by atoms with Crippen molar-refractivity contribution in [2.24, 2.45) is 5.73 Å². The first kappa shape index (κ1) is 15.5. The van der Waals surface area contributed by atoms with Gasteiger partial charge in [0.25, 0.3) is 5.56 Å². The fourth-order valence-corrected chi connectivity index (χ4v) is 2.68. The molecule has 0 spiro atoms. The molecule has 0 bridgehead atoms. The lowest BCUT2D eigenvalue weighted by atomic mass is 10.4. The molecule has 0 fully saturated rings. The highest BCUT2D eigenvalue weighted by atomic mass is 16.2. The number of rotatable bonds is 6. The smallest absolute Gasteiger partial charge is 0.329 e. The minimum Gasteiger partial charge on any atom is -0.329 e. The molecule has 7 nitrogen and oxygen atoms in total. The fourth-order valence-electron chi connectivity index (χ4n) is 2.68. The van der Waals surface area contributed by atoms with Crippen LogP contribution in [0.25, 0.3) is 11.2 Å². The molecule has 2 N–H and O–H groups in total. The molecule has 0 saturated heterocycles. The third kappa shape index (κ3) is 2.42. The van der Waals surface area contributed by atoms with E-state index in [0.29, 0.717) is 43.8 Å². The lowest BCUT2D eigenvalue weighted by Gasteiger charge is -2.10. The lowest BCUT2D eigenvalue weighted by molar-refractivity contribution is 0.577. The van der Waals surface area contributed by atoms with Crippen LogP contribution in [0.15, 0.2) is 9.59 Å². The van der Waals surface area contributed by atoms with Gasteiger partial charge in [0, 0.05) is 32.6 Å². The van der Waals surface area contributed by atoms with Crippen LogP contribution in [0.2, 0.25) is 0 Å². The van der Waals surface area contributed by atoms with Gasteiger partial charge in [0.2, 0.25) is 0 Å². The molecule has 116 valence electrons. The van der Waals surface area contributed by atoms with Crippen LogP contribution in [-0.4, -0.2) is 25.2 Å². The average Bonchev–Trinajstić information content (AvgIpc) is 2.83. The third-order valence-corrected chi connectivity index (χ3v) is 3.63. The molecule has 2 heterocycles. The summed E-state index contributed by atoms with van der Waals surface area (Å²) in [5.41, 5.74) is 6.08. The van der Waals surface area contributed by atoms with Gasteiger partial charge in [0.15, 0.2) is 11.2 Å². The summed E-state index contributed by atoms with van der Waals surface area (Å²) in [4.78, 5) is 29.6. The van der Waals surface area contributed by atoms with Gasteiger partial charge < -0.3 is 10.3 Å². The summed E-state index contributed by atoms with van der Waals surface area (Å²) in [6.45, 7) is 7.65. The molecule has 0 aliphatic rings. The van der Waals surface area contributed by atoms with Crippen LogP contribution in [0.3, 0.4) is 0 Å². The first-order chi connectivity index (χ1) is 10.1. The first-order valence-corrected chi connectivity index (χ1v) is 7.53. The number of hydrogen-bond donors (Lipinski definition) is 1. The second-order valence-electron chi connectivity index (χ2n) is 4.98. The Labute approximate surface area is 123 Å². The van der Waals surface area contributed by atoms with Gasteiger partial charge in [-0.2, -0.15) is 0 Å². The number of fused-ring (bicyclic) bond motifs is 1. The maximum Gasteiger partial charge on any atom is 0.332 e. The third-order valence-electron chi connectivity index (χ3n) is 3.63. The molecule has 0 saturated carbocycles. The van der Waals surface area contributed by atoms with E-state index >= 15 is 0 Å². The maximum atomic E-state index is 12.6. The van der Waals surface area contributed by atoms with Crippen LogP contribution >= 0.6 is 0 Å². The van der Waals surface area contributed by atoms with Crippen molar-refractivity contribution in [1.29, 1.82) is 0 Å². The zero-order valence-electron chi connectivity index (χ0n) is 12.9. The van der Waals surface area contributed by atoms with E-state index in [0.717, 1.165) is 12.2 Å². The average molecular weight is 293 g/mol. The summed E-state index contributed by atoms with van der Waals surface area (Å²) in [7, 11) is 0. The Bertz CT molecular complexity index is 753. The molecule has 0 atom stereocenters. The van der Waals surface area contributed by atoms with Gasteiger partial charge >= 0.3 is 5.69 Å². The number of hydrogen-bond acceptors (Lipinski definition) is 4. The molecule has 2 rings (SSSR count). The highest BCUT2D eigenvalue weighted by Gasteiger charge is 2.19. The molecule has 7 heteroatoms. The van der Waals surface area contributed by atoms with Crippen molar-refractivity contribution in [3.63, 3.8) is 0 Å². The molecule has 0 aliphatic heterocycles. The number of aryl methyl sites for hydroxylation is 2. The van der Waals surface area contributed by atoms with Gasteiger partial charge in [-0.1, -0.05) is 13.8 Å². The number of nitrogens with zero attached hydrogens (tertiary/aromatic N) is 4. The molecule has 0 amide bonds. The van der Waals surface area contributed by atoms with E-state index in [1.165, 1.54) is 4.57 Å². The zero-order valence-corrected chi connectivity index (χ0v) is 12.9. The predicted molar refractivity (Wildman–Crippen MR) is 82.7 cm³/mol. The van der Waals surface area contributed by atoms with Crippen LogP contribution in [0, 0.1) is 0 Å². The molecular formula is C14H23N5O2. The second kappa shape index (κ2) is 6.26. The van der Waals surface area contributed by atoms with Crippen molar-refractivity contribution in [3.05, 3.63) is 26.7 Å². The summed E-state index contributed by atoms with van der Waals surface area (Å²) in [5, 5.41) is 0. The van der Waals surface area contributed by atoms with E-state index < -0.39 is 0 Å². The number of imidazole rings is 1. The van der Waals surface area contributed by atoms with Gasteiger partial charge in [-0.15, -0.1) is 0 Å². The molecule has 0 unspecified atom stereocenters. The Morgan fingerprint density at radius 1 is 1.05 bits per heavy atom. The molecule has 0 aromatic carbocycles. The molecule has 21 heavy (non-hydrogen) atoms. The highest BCUT2D eigenvalue weighted by molar-refractivity contribution is 5.71. The normalized spacial score (nSPS) is 11.4. The standard InChI is InChI=1S/C14H23N5O2/c1-4-8-19-12-11(13(20)17(6-3)14(19)21)18(9-7-15)10(5-2)16-12/h4-9,15H2,1-3H3. The van der Waals surface area contributed by atoms with E-state index in [-0.39, 0.29) is 11.2 Å². The topological polar surface area (TPSA) is 87.8 Å². The van der Waals surface area contributed by atoms with Crippen LogP contribution in [0.5, 0.6) is 0 Å². The summed E-state index contributed by atoms with van der Waals surface area (Å²) < 4.78 is 4.73. The van der Waals surface area contributed by atoms with Gasteiger partial charge in [-0.05, 0) is 13.3 Å². The van der Waals surface area contributed by atoms with E-state index in [1.54, 1.807) is 11.5 Å². The Kier molecular flexibility index (Phi) is 4.62. The van der Waals surface area contributed by atoms with Crippen molar-refractivity contribution in [1.82, 2.24) is 18.7 Å². The minimum atomic E-state index is -0.281. The Hall–Kier alpha value is -1.89. The van der Waals surface area contributed by atoms with Gasteiger partial charge in [0.05, 0.1) is 0 Å².